The zero-order valence-electron chi connectivity index (χ0n) is 20.3. The molecule has 34 heavy (non-hydrogen) atoms. The number of fused-ring (bicyclic) bond motifs is 1. The van der Waals surface area contributed by atoms with Crippen molar-refractivity contribution in [2.75, 3.05) is 45.7 Å². The zero-order chi connectivity index (χ0) is 23.9. The van der Waals surface area contributed by atoms with Gasteiger partial charge in [0.25, 0.3) is 5.91 Å². The molecule has 0 atom stereocenters. The lowest BCUT2D eigenvalue weighted by Gasteiger charge is -2.30. The van der Waals surface area contributed by atoms with Gasteiger partial charge in [-0.15, -0.1) is 0 Å². The molecule has 1 amide bonds. The number of carbonyl (C=O) groups excluding carboxylic acids is 1. The van der Waals surface area contributed by atoms with Crippen LogP contribution in [0.2, 0.25) is 0 Å². The van der Waals surface area contributed by atoms with Gasteiger partial charge in [0, 0.05) is 18.0 Å². The summed E-state index contributed by atoms with van der Waals surface area (Å²) in [5.74, 6) is 2.65. The van der Waals surface area contributed by atoms with Crippen molar-refractivity contribution in [2.24, 2.45) is 5.92 Å². The molecule has 4 rings (SSSR count). The number of methoxy groups -OCH3 is 2. The Kier molecular flexibility index (Phi) is 7.85. The maximum absolute atomic E-state index is 13.1. The summed E-state index contributed by atoms with van der Waals surface area (Å²) in [6.45, 7) is 6.32. The van der Waals surface area contributed by atoms with E-state index >= 15 is 0 Å². The monoisotopic (exact) mass is 462 g/mol. The van der Waals surface area contributed by atoms with E-state index in [9.17, 15) is 4.79 Å². The van der Waals surface area contributed by atoms with Crippen molar-refractivity contribution in [3.63, 3.8) is 0 Å². The fourth-order valence-corrected chi connectivity index (χ4v) is 4.35. The summed E-state index contributed by atoms with van der Waals surface area (Å²) in [4.78, 5) is 20.4. The average molecular weight is 463 g/mol. The standard InChI is InChI=1S/C27H34N4O3/c1-19-11-15-31(16-12-19)14-6-13-28-27(32)22-18-26(29-23-8-5-4-7-21(22)23)30-24-10-9-20(33-2)17-25(24)34-3/h4-5,7-10,17-19H,6,11-16H2,1-3H3,(H,28,32)(H,29,30). The average Bonchev–Trinajstić information content (AvgIpc) is 2.87. The lowest BCUT2D eigenvalue weighted by atomic mass is 9.99. The molecule has 0 spiro atoms. The highest BCUT2D eigenvalue weighted by Crippen LogP contribution is 2.32. The van der Waals surface area contributed by atoms with Crippen LogP contribution >= 0.6 is 0 Å². The first kappa shape index (κ1) is 23.8. The Morgan fingerprint density at radius 3 is 2.65 bits per heavy atom. The van der Waals surface area contributed by atoms with Gasteiger partial charge in [-0.3, -0.25) is 4.79 Å². The largest absolute Gasteiger partial charge is 0.497 e. The lowest BCUT2D eigenvalue weighted by Crippen LogP contribution is -2.35. The molecule has 1 aliphatic rings. The van der Waals surface area contributed by atoms with Gasteiger partial charge in [0.05, 0.1) is 31.0 Å². The molecule has 2 aromatic carbocycles. The van der Waals surface area contributed by atoms with Crippen LogP contribution in [0.1, 0.15) is 36.5 Å². The van der Waals surface area contributed by atoms with Gasteiger partial charge in [0.1, 0.15) is 17.3 Å². The molecule has 0 bridgehead atoms. The van der Waals surface area contributed by atoms with Crippen LogP contribution in [0.15, 0.2) is 48.5 Å². The van der Waals surface area contributed by atoms with Crippen molar-refractivity contribution in [1.82, 2.24) is 15.2 Å². The van der Waals surface area contributed by atoms with E-state index in [-0.39, 0.29) is 5.91 Å². The minimum Gasteiger partial charge on any atom is -0.497 e. The summed E-state index contributed by atoms with van der Waals surface area (Å²) >= 11 is 0. The van der Waals surface area contributed by atoms with Crippen molar-refractivity contribution >= 4 is 28.3 Å². The van der Waals surface area contributed by atoms with E-state index in [0.29, 0.717) is 29.4 Å². The molecule has 1 fully saturated rings. The first-order chi connectivity index (χ1) is 16.6. The second-order valence-electron chi connectivity index (χ2n) is 8.90. The maximum atomic E-state index is 13.1. The van der Waals surface area contributed by atoms with Crippen LogP contribution in [-0.4, -0.2) is 56.2 Å². The SMILES string of the molecule is COc1ccc(Nc2cc(C(=O)NCCCN3CCC(C)CC3)c3ccccc3n2)c(OC)c1. The highest BCUT2D eigenvalue weighted by atomic mass is 16.5. The minimum atomic E-state index is -0.0874. The third-order valence-corrected chi connectivity index (χ3v) is 6.45. The van der Waals surface area contributed by atoms with Crippen molar-refractivity contribution in [2.45, 2.75) is 26.2 Å². The fourth-order valence-electron chi connectivity index (χ4n) is 4.35. The number of likely N-dealkylation sites (tertiary alicyclic amines) is 1. The van der Waals surface area contributed by atoms with E-state index in [1.807, 2.05) is 36.4 Å². The molecule has 0 radical (unpaired) electrons. The van der Waals surface area contributed by atoms with E-state index in [4.69, 9.17) is 14.5 Å². The van der Waals surface area contributed by atoms with E-state index in [1.54, 1.807) is 26.4 Å². The number of rotatable bonds is 9. The molecule has 1 saturated heterocycles. The van der Waals surface area contributed by atoms with Gasteiger partial charge in [-0.05, 0) is 69.1 Å². The molecule has 2 N–H and O–H groups in total. The third kappa shape index (κ3) is 5.78. The smallest absolute Gasteiger partial charge is 0.252 e. The molecule has 0 aliphatic carbocycles. The van der Waals surface area contributed by atoms with Crippen molar-refractivity contribution in [1.29, 1.82) is 0 Å². The summed E-state index contributed by atoms with van der Waals surface area (Å²) in [5.41, 5.74) is 2.10. The Hall–Kier alpha value is -3.32. The summed E-state index contributed by atoms with van der Waals surface area (Å²) in [6.07, 6.45) is 3.48. The number of aromatic nitrogens is 1. The predicted molar refractivity (Wildman–Crippen MR) is 136 cm³/mol. The number of pyridine rings is 1. The Morgan fingerprint density at radius 2 is 1.88 bits per heavy atom. The van der Waals surface area contributed by atoms with Crippen LogP contribution in [0.3, 0.4) is 0 Å². The van der Waals surface area contributed by atoms with Crippen molar-refractivity contribution in [3.8, 4) is 11.5 Å². The highest BCUT2D eigenvalue weighted by molar-refractivity contribution is 6.07. The molecule has 1 aromatic heterocycles. The summed E-state index contributed by atoms with van der Waals surface area (Å²) in [7, 11) is 3.22. The normalized spacial score (nSPS) is 14.7. The van der Waals surface area contributed by atoms with Gasteiger partial charge in [-0.2, -0.15) is 0 Å². The number of hydrogen-bond acceptors (Lipinski definition) is 6. The van der Waals surface area contributed by atoms with Crippen molar-refractivity contribution < 1.29 is 14.3 Å². The van der Waals surface area contributed by atoms with Crippen LogP contribution in [0.25, 0.3) is 10.9 Å². The first-order valence-corrected chi connectivity index (χ1v) is 12.0. The molecule has 7 nitrogen and oxygen atoms in total. The Labute approximate surface area is 201 Å². The molecule has 0 unspecified atom stereocenters. The Bertz CT molecular complexity index is 1130. The van der Waals surface area contributed by atoms with Gasteiger partial charge in [0.15, 0.2) is 0 Å². The third-order valence-electron chi connectivity index (χ3n) is 6.45. The topological polar surface area (TPSA) is 75.7 Å². The molecule has 3 aromatic rings. The van der Waals surface area contributed by atoms with E-state index in [2.05, 4.69) is 22.5 Å². The number of benzene rings is 2. The van der Waals surface area contributed by atoms with Crippen LogP contribution in [0.5, 0.6) is 11.5 Å². The molecule has 0 saturated carbocycles. The lowest BCUT2D eigenvalue weighted by molar-refractivity contribution is 0.0952. The molecule has 2 heterocycles. The maximum Gasteiger partial charge on any atom is 0.252 e. The number of nitrogens with one attached hydrogen (secondary N) is 2. The van der Waals surface area contributed by atoms with Gasteiger partial charge < -0.3 is 25.0 Å². The number of amides is 1. The van der Waals surface area contributed by atoms with Crippen LogP contribution in [0, 0.1) is 5.92 Å². The molecule has 1 aliphatic heterocycles. The first-order valence-electron chi connectivity index (χ1n) is 12.0. The number of anilines is 2. The summed E-state index contributed by atoms with van der Waals surface area (Å²) < 4.78 is 10.8. The Morgan fingerprint density at radius 1 is 1.09 bits per heavy atom. The second-order valence-corrected chi connectivity index (χ2v) is 8.90. The zero-order valence-corrected chi connectivity index (χ0v) is 20.3. The predicted octanol–water partition coefficient (Wildman–Crippen LogP) is 4.85. The number of ether oxygens (including phenoxy) is 2. The molecular weight excluding hydrogens is 428 g/mol. The van der Waals surface area contributed by atoms with E-state index in [0.717, 1.165) is 48.6 Å². The van der Waals surface area contributed by atoms with Crippen LogP contribution < -0.4 is 20.1 Å². The number of carbonyl (C=O) groups is 1. The van der Waals surface area contributed by atoms with Gasteiger partial charge >= 0.3 is 0 Å². The molecule has 7 heteroatoms. The van der Waals surface area contributed by atoms with E-state index in [1.165, 1.54) is 12.8 Å². The van der Waals surface area contributed by atoms with Crippen LogP contribution in [-0.2, 0) is 0 Å². The quantitative estimate of drug-likeness (QED) is 0.443. The number of hydrogen-bond donors (Lipinski definition) is 2. The summed E-state index contributed by atoms with van der Waals surface area (Å²) in [5, 5.41) is 7.23. The minimum absolute atomic E-state index is 0.0874. The van der Waals surface area contributed by atoms with Gasteiger partial charge in [-0.25, -0.2) is 4.98 Å². The fraction of sp³-hybridized carbons (Fsp3) is 0.407. The number of nitrogens with zero attached hydrogens (tertiary/aromatic N) is 2. The summed E-state index contributed by atoms with van der Waals surface area (Å²) in [6, 6.07) is 15.0. The Balaban J connectivity index is 1.47. The second kappa shape index (κ2) is 11.2. The number of piperidine rings is 1. The highest BCUT2D eigenvalue weighted by Gasteiger charge is 2.16. The van der Waals surface area contributed by atoms with Crippen LogP contribution in [0.4, 0.5) is 11.5 Å². The molecule has 180 valence electrons. The van der Waals surface area contributed by atoms with Gasteiger partial charge in [0.2, 0.25) is 0 Å². The van der Waals surface area contributed by atoms with E-state index < -0.39 is 0 Å². The van der Waals surface area contributed by atoms with Crippen molar-refractivity contribution in [3.05, 3.63) is 54.1 Å². The number of para-hydroxylation sites is 1. The van der Waals surface area contributed by atoms with Gasteiger partial charge in [-0.1, -0.05) is 25.1 Å². The molecular formula is C27H34N4O3.